The van der Waals surface area contributed by atoms with Gasteiger partial charge >= 0.3 is 12.1 Å². The fourth-order valence-corrected chi connectivity index (χ4v) is 3.85. The highest BCUT2D eigenvalue weighted by atomic mass is 32.2. The van der Waals surface area contributed by atoms with Crippen LogP contribution in [0.1, 0.15) is 27.5 Å². The Labute approximate surface area is 175 Å². The summed E-state index contributed by atoms with van der Waals surface area (Å²) in [6.07, 6.45) is -4.80. The highest BCUT2D eigenvalue weighted by molar-refractivity contribution is 8.00. The smallest absolute Gasteiger partial charge is 0.417 e. The highest BCUT2D eigenvalue weighted by Crippen LogP contribution is 2.42. The zero-order valence-electron chi connectivity index (χ0n) is 15.6. The average molecular weight is 428 g/mol. The van der Waals surface area contributed by atoms with Gasteiger partial charge in [-0.25, -0.2) is 4.98 Å². The third-order valence-corrected chi connectivity index (χ3v) is 5.54. The molecule has 0 spiro atoms. The number of benzene rings is 2. The van der Waals surface area contributed by atoms with Crippen LogP contribution < -0.4 is 0 Å². The Morgan fingerprint density at radius 2 is 1.77 bits per heavy atom. The maximum absolute atomic E-state index is 13.7. The van der Waals surface area contributed by atoms with Gasteiger partial charge in [-0.1, -0.05) is 71.9 Å². The first-order chi connectivity index (χ1) is 14.2. The summed E-state index contributed by atoms with van der Waals surface area (Å²) in [7, 11) is 0. The molecule has 1 N–H and O–H groups in total. The maximum Gasteiger partial charge on any atom is 0.417 e. The molecule has 1 unspecified atom stereocenters. The average Bonchev–Trinajstić information content (AvgIpc) is 2.71. The Hall–Kier alpha value is -3.31. The number of aryl methyl sites for hydroxylation is 1. The van der Waals surface area contributed by atoms with E-state index in [4.69, 9.17) is 0 Å². The monoisotopic (exact) mass is 428 g/mol. The number of pyridine rings is 1. The van der Waals surface area contributed by atoms with Crippen LogP contribution in [0.2, 0.25) is 0 Å². The van der Waals surface area contributed by atoms with Crippen molar-refractivity contribution in [2.75, 3.05) is 0 Å². The van der Waals surface area contributed by atoms with E-state index in [0.29, 0.717) is 22.9 Å². The summed E-state index contributed by atoms with van der Waals surface area (Å²) in [5, 5.41) is 17.6. The maximum atomic E-state index is 13.7. The number of aromatic nitrogens is 1. The number of hydrogen-bond acceptors (Lipinski definition) is 4. The van der Waals surface area contributed by atoms with Gasteiger partial charge in [0.1, 0.15) is 16.3 Å². The summed E-state index contributed by atoms with van der Waals surface area (Å²) in [6, 6.07) is 17.2. The number of halogens is 3. The van der Waals surface area contributed by atoms with Gasteiger partial charge in [0.05, 0.1) is 16.8 Å². The van der Waals surface area contributed by atoms with Crippen molar-refractivity contribution in [3.8, 4) is 17.3 Å². The van der Waals surface area contributed by atoms with Crippen molar-refractivity contribution in [2.24, 2.45) is 0 Å². The summed E-state index contributed by atoms with van der Waals surface area (Å²) in [4.78, 5) is 16.1. The fraction of sp³-hybridized carbons (Fsp3) is 0.136. The number of carbonyl (C=O) groups is 1. The molecule has 0 aliphatic rings. The van der Waals surface area contributed by atoms with Gasteiger partial charge in [-0.05, 0) is 18.6 Å². The van der Waals surface area contributed by atoms with Crippen LogP contribution in [0.25, 0.3) is 11.3 Å². The van der Waals surface area contributed by atoms with Crippen LogP contribution in [-0.4, -0.2) is 16.1 Å². The number of nitriles is 1. The highest BCUT2D eigenvalue weighted by Gasteiger charge is 2.37. The second-order valence-electron chi connectivity index (χ2n) is 6.46. The molecule has 2 aromatic carbocycles. The SMILES string of the molecule is Cc1ccc(-c2cc(C(F)(F)F)c(C#N)c(SC(C(=O)O)c3ccccc3)n2)cc1. The predicted molar refractivity (Wildman–Crippen MR) is 107 cm³/mol. The summed E-state index contributed by atoms with van der Waals surface area (Å²) < 4.78 is 41.1. The molecule has 0 amide bonds. The first-order valence-electron chi connectivity index (χ1n) is 8.74. The molecule has 4 nitrogen and oxygen atoms in total. The van der Waals surface area contributed by atoms with Crippen molar-refractivity contribution in [2.45, 2.75) is 23.4 Å². The number of nitrogens with zero attached hydrogens (tertiary/aromatic N) is 2. The van der Waals surface area contributed by atoms with Gasteiger partial charge in [0.15, 0.2) is 0 Å². The number of thioether (sulfide) groups is 1. The molecule has 0 radical (unpaired) electrons. The van der Waals surface area contributed by atoms with Crippen LogP contribution in [0.3, 0.4) is 0 Å². The van der Waals surface area contributed by atoms with Gasteiger partial charge in [-0.2, -0.15) is 18.4 Å². The molecule has 0 saturated carbocycles. The summed E-state index contributed by atoms with van der Waals surface area (Å²) in [5.74, 6) is -1.24. The molecule has 3 rings (SSSR count). The van der Waals surface area contributed by atoms with Crippen LogP contribution in [0.15, 0.2) is 65.7 Å². The number of aliphatic carboxylic acids is 1. The molecular weight excluding hydrogens is 413 g/mol. The Morgan fingerprint density at radius 3 is 2.30 bits per heavy atom. The number of alkyl halides is 3. The Kier molecular flexibility index (Phi) is 6.13. The molecular formula is C22H15F3N2O2S. The molecule has 0 fully saturated rings. The second kappa shape index (κ2) is 8.59. The van der Waals surface area contributed by atoms with Crippen molar-refractivity contribution in [3.05, 3.63) is 82.9 Å². The predicted octanol–water partition coefficient (Wildman–Crippen LogP) is 5.87. The lowest BCUT2D eigenvalue weighted by Gasteiger charge is -2.17. The molecule has 152 valence electrons. The normalized spacial score (nSPS) is 12.2. The zero-order chi connectivity index (χ0) is 21.9. The van der Waals surface area contributed by atoms with E-state index in [1.54, 1.807) is 60.7 Å². The largest absolute Gasteiger partial charge is 0.480 e. The third kappa shape index (κ3) is 4.63. The van der Waals surface area contributed by atoms with Crippen molar-refractivity contribution in [3.63, 3.8) is 0 Å². The van der Waals surface area contributed by atoms with Gasteiger partial charge in [0, 0.05) is 5.56 Å². The van der Waals surface area contributed by atoms with E-state index < -0.39 is 28.5 Å². The lowest BCUT2D eigenvalue weighted by molar-refractivity contribution is -0.138. The summed E-state index contributed by atoms with van der Waals surface area (Å²) in [5.41, 5.74) is -0.0751. The number of rotatable bonds is 5. The van der Waals surface area contributed by atoms with Gasteiger partial charge in [-0.3, -0.25) is 4.79 Å². The van der Waals surface area contributed by atoms with Crippen LogP contribution >= 0.6 is 11.8 Å². The molecule has 1 heterocycles. The molecule has 8 heteroatoms. The van der Waals surface area contributed by atoms with E-state index in [2.05, 4.69) is 4.98 Å². The van der Waals surface area contributed by atoms with Crippen LogP contribution in [0, 0.1) is 18.3 Å². The molecule has 0 bridgehead atoms. The fourth-order valence-electron chi connectivity index (χ4n) is 2.81. The van der Waals surface area contributed by atoms with Crippen molar-refractivity contribution in [1.82, 2.24) is 4.98 Å². The van der Waals surface area contributed by atoms with Gasteiger partial charge in [0.25, 0.3) is 0 Å². The summed E-state index contributed by atoms with van der Waals surface area (Å²) >= 11 is 0.610. The Balaban J connectivity index is 2.18. The van der Waals surface area contributed by atoms with Gasteiger partial charge < -0.3 is 5.11 Å². The summed E-state index contributed by atoms with van der Waals surface area (Å²) in [6.45, 7) is 1.84. The van der Waals surface area contributed by atoms with Crippen molar-refractivity contribution in [1.29, 1.82) is 5.26 Å². The molecule has 1 atom stereocenters. The minimum atomic E-state index is -4.80. The van der Waals surface area contributed by atoms with E-state index in [-0.39, 0.29) is 10.7 Å². The van der Waals surface area contributed by atoms with E-state index >= 15 is 0 Å². The first kappa shape index (κ1) is 21.4. The lowest BCUT2D eigenvalue weighted by Crippen LogP contribution is -2.13. The first-order valence-corrected chi connectivity index (χ1v) is 9.62. The van der Waals surface area contributed by atoms with Crippen LogP contribution in [-0.2, 0) is 11.0 Å². The quantitative estimate of drug-likeness (QED) is 0.515. The topological polar surface area (TPSA) is 74.0 Å². The Bertz CT molecular complexity index is 1110. The minimum Gasteiger partial charge on any atom is -0.480 e. The number of carboxylic acids is 1. The molecule has 0 aliphatic carbocycles. The van der Waals surface area contributed by atoms with Crippen molar-refractivity contribution >= 4 is 17.7 Å². The molecule has 0 saturated heterocycles. The lowest BCUT2D eigenvalue weighted by atomic mass is 10.0. The molecule has 3 aromatic rings. The van der Waals surface area contributed by atoms with Gasteiger partial charge in [0.2, 0.25) is 0 Å². The van der Waals surface area contributed by atoms with E-state index in [1.807, 2.05) is 6.92 Å². The molecule has 1 aromatic heterocycles. The molecule has 30 heavy (non-hydrogen) atoms. The molecule has 0 aliphatic heterocycles. The standard InChI is InChI=1S/C22H15F3N2O2S/c1-13-7-9-14(10-8-13)18-11-17(22(23,24)25)16(12-26)20(27-18)30-19(21(28)29)15-5-3-2-4-6-15/h2-11,19H,1H3,(H,28,29). The number of hydrogen-bond donors (Lipinski definition) is 1. The minimum absolute atomic E-state index is 0.0148. The van der Waals surface area contributed by atoms with Crippen molar-refractivity contribution < 1.29 is 23.1 Å². The van der Waals surface area contributed by atoms with Gasteiger partial charge in [-0.15, -0.1) is 0 Å². The Morgan fingerprint density at radius 1 is 1.13 bits per heavy atom. The van der Waals surface area contributed by atoms with E-state index in [9.17, 15) is 28.3 Å². The van der Waals surface area contributed by atoms with Crippen LogP contribution in [0.5, 0.6) is 0 Å². The van der Waals surface area contributed by atoms with E-state index in [1.165, 1.54) is 0 Å². The third-order valence-electron chi connectivity index (χ3n) is 4.31. The number of carboxylic acid groups (broad SMARTS) is 1. The van der Waals surface area contributed by atoms with Crippen LogP contribution in [0.4, 0.5) is 13.2 Å². The van der Waals surface area contributed by atoms with E-state index in [0.717, 1.165) is 11.6 Å². The second-order valence-corrected chi connectivity index (χ2v) is 7.55. The zero-order valence-corrected chi connectivity index (χ0v) is 16.5.